The van der Waals surface area contributed by atoms with Gasteiger partial charge in [-0.25, -0.2) is 0 Å². The third-order valence-corrected chi connectivity index (χ3v) is 4.12. The molecule has 6 nitrogen and oxygen atoms in total. The zero-order valence-corrected chi connectivity index (χ0v) is 12.2. The minimum Gasteiger partial charge on any atom is -0.391 e. The Morgan fingerprint density at radius 3 is 2.82 bits per heavy atom. The summed E-state index contributed by atoms with van der Waals surface area (Å²) in [5.74, 6) is 0.481. The van der Waals surface area contributed by atoms with Gasteiger partial charge >= 0.3 is 0 Å². The number of aliphatic hydroxyl groups excluding tert-OH is 1. The molecule has 1 aliphatic carbocycles. The van der Waals surface area contributed by atoms with Crippen molar-refractivity contribution < 1.29 is 14.4 Å². The molecular weight excluding hydrogens is 282 g/mol. The van der Waals surface area contributed by atoms with Gasteiger partial charge in [-0.15, -0.1) is 0 Å². The van der Waals surface area contributed by atoms with Crippen LogP contribution in [0.5, 0.6) is 0 Å². The fourth-order valence-corrected chi connectivity index (χ4v) is 2.83. The van der Waals surface area contributed by atoms with Crippen molar-refractivity contribution >= 4 is 5.91 Å². The molecule has 2 aromatic rings. The molecule has 0 bridgehead atoms. The van der Waals surface area contributed by atoms with Crippen LogP contribution in [0, 0.1) is 5.92 Å². The number of carbonyl (C=O) groups excluding carboxylic acids is 1. The molecule has 1 fully saturated rings. The molecule has 1 saturated carbocycles. The zero-order valence-electron chi connectivity index (χ0n) is 12.2. The van der Waals surface area contributed by atoms with Gasteiger partial charge in [-0.2, -0.15) is 0 Å². The average molecular weight is 301 g/mol. The second kappa shape index (κ2) is 6.70. The predicted molar refractivity (Wildman–Crippen MR) is 80.0 cm³/mol. The van der Waals surface area contributed by atoms with Gasteiger partial charge in [0, 0.05) is 30.6 Å². The molecule has 1 unspecified atom stereocenters. The first-order valence-electron chi connectivity index (χ1n) is 7.57. The molecule has 0 aromatic carbocycles. The van der Waals surface area contributed by atoms with Gasteiger partial charge in [0.15, 0.2) is 11.5 Å². The van der Waals surface area contributed by atoms with E-state index in [2.05, 4.69) is 15.5 Å². The van der Waals surface area contributed by atoms with Crippen LogP contribution in [0.1, 0.15) is 36.2 Å². The van der Waals surface area contributed by atoms with E-state index in [1.54, 1.807) is 30.6 Å². The number of hydrogen-bond acceptors (Lipinski definition) is 5. The SMILES string of the molecule is O=C(NCC(O)C1CCCC1)c1cc(-c2ccncc2)on1. The lowest BCUT2D eigenvalue weighted by Crippen LogP contribution is -2.35. The number of aliphatic hydroxyl groups is 1. The van der Waals surface area contributed by atoms with Crippen molar-refractivity contribution in [2.45, 2.75) is 31.8 Å². The lowest BCUT2D eigenvalue weighted by Gasteiger charge is -2.17. The fraction of sp³-hybridized carbons (Fsp3) is 0.438. The van der Waals surface area contributed by atoms with Crippen LogP contribution < -0.4 is 5.32 Å². The average Bonchev–Trinajstić information content (AvgIpc) is 3.24. The second-order valence-electron chi connectivity index (χ2n) is 5.63. The Kier molecular flexibility index (Phi) is 4.48. The standard InChI is InChI=1S/C16H19N3O3/c20-14(11-3-1-2-4-11)10-18-16(21)13-9-15(22-19-13)12-5-7-17-8-6-12/h5-9,11,14,20H,1-4,10H2,(H,18,21). The van der Waals surface area contributed by atoms with Crippen molar-refractivity contribution in [3.8, 4) is 11.3 Å². The lowest BCUT2D eigenvalue weighted by atomic mass is 10.0. The Balaban J connectivity index is 1.57. The Morgan fingerprint density at radius 1 is 1.36 bits per heavy atom. The van der Waals surface area contributed by atoms with Crippen LogP contribution in [0.2, 0.25) is 0 Å². The van der Waals surface area contributed by atoms with Gasteiger partial charge in [-0.1, -0.05) is 18.0 Å². The molecule has 0 aliphatic heterocycles. The zero-order chi connectivity index (χ0) is 15.4. The maximum Gasteiger partial charge on any atom is 0.273 e. The molecule has 0 saturated heterocycles. The third kappa shape index (κ3) is 3.33. The van der Waals surface area contributed by atoms with Crippen LogP contribution >= 0.6 is 0 Å². The molecule has 22 heavy (non-hydrogen) atoms. The van der Waals surface area contributed by atoms with E-state index in [1.807, 2.05) is 0 Å². The molecule has 2 aromatic heterocycles. The quantitative estimate of drug-likeness (QED) is 0.882. The molecule has 3 rings (SSSR count). The topological polar surface area (TPSA) is 88.2 Å². The number of carbonyl (C=O) groups is 1. The van der Waals surface area contributed by atoms with E-state index in [-0.39, 0.29) is 18.1 Å². The van der Waals surface area contributed by atoms with Crippen molar-refractivity contribution in [2.75, 3.05) is 6.54 Å². The van der Waals surface area contributed by atoms with E-state index in [0.717, 1.165) is 31.2 Å². The summed E-state index contributed by atoms with van der Waals surface area (Å²) < 4.78 is 5.18. The Morgan fingerprint density at radius 2 is 2.09 bits per heavy atom. The lowest BCUT2D eigenvalue weighted by molar-refractivity contribution is 0.0833. The summed E-state index contributed by atoms with van der Waals surface area (Å²) >= 11 is 0. The first-order valence-corrected chi connectivity index (χ1v) is 7.57. The molecular formula is C16H19N3O3. The van der Waals surface area contributed by atoms with Gasteiger partial charge in [0.1, 0.15) is 0 Å². The maximum atomic E-state index is 12.1. The van der Waals surface area contributed by atoms with Crippen molar-refractivity contribution in [3.63, 3.8) is 0 Å². The number of nitrogens with zero attached hydrogens (tertiary/aromatic N) is 2. The number of nitrogens with one attached hydrogen (secondary N) is 1. The molecule has 1 atom stereocenters. The van der Waals surface area contributed by atoms with E-state index < -0.39 is 6.10 Å². The first kappa shape index (κ1) is 14.7. The van der Waals surface area contributed by atoms with E-state index in [0.29, 0.717) is 11.7 Å². The van der Waals surface area contributed by atoms with Gasteiger partial charge in [0.25, 0.3) is 5.91 Å². The van der Waals surface area contributed by atoms with Crippen LogP contribution in [0.15, 0.2) is 35.1 Å². The highest BCUT2D eigenvalue weighted by Crippen LogP contribution is 2.27. The van der Waals surface area contributed by atoms with Crippen LogP contribution in [-0.4, -0.2) is 33.8 Å². The Hall–Kier alpha value is -2.21. The third-order valence-electron chi connectivity index (χ3n) is 4.12. The summed E-state index contributed by atoms with van der Waals surface area (Å²) in [4.78, 5) is 16.0. The van der Waals surface area contributed by atoms with Crippen molar-refractivity contribution in [1.29, 1.82) is 0 Å². The fourth-order valence-electron chi connectivity index (χ4n) is 2.83. The summed E-state index contributed by atoms with van der Waals surface area (Å²) in [6.07, 6.45) is 7.20. The molecule has 0 radical (unpaired) electrons. The summed E-state index contributed by atoms with van der Waals surface area (Å²) in [5.41, 5.74) is 1.03. The molecule has 1 aliphatic rings. The van der Waals surface area contributed by atoms with Crippen LogP contribution in [0.3, 0.4) is 0 Å². The normalized spacial score (nSPS) is 16.6. The summed E-state index contributed by atoms with van der Waals surface area (Å²) in [6, 6.07) is 5.16. The number of rotatable bonds is 5. The van der Waals surface area contributed by atoms with E-state index in [1.165, 1.54) is 0 Å². The molecule has 2 N–H and O–H groups in total. The second-order valence-corrected chi connectivity index (χ2v) is 5.63. The highest BCUT2D eigenvalue weighted by atomic mass is 16.5. The highest BCUT2D eigenvalue weighted by molar-refractivity contribution is 5.93. The maximum absolute atomic E-state index is 12.1. The van der Waals surface area contributed by atoms with Crippen LogP contribution in [0.4, 0.5) is 0 Å². The largest absolute Gasteiger partial charge is 0.391 e. The Labute approximate surface area is 128 Å². The summed E-state index contributed by atoms with van der Waals surface area (Å²) in [6.45, 7) is 0.251. The first-order chi connectivity index (χ1) is 10.7. The summed E-state index contributed by atoms with van der Waals surface area (Å²) in [5, 5.41) is 16.6. The number of aromatic nitrogens is 2. The summed E-state index contributed by atoms with van der Waals surface area (Å²) in [7, 11) is 0. The molecule has 116 valence electrons. The number of hydrogen-bond donors (Lipinski definition) is 2. The van der Waals surface area contributed by atoms with E-state index >= 15 is 0 Å². The highest BCUT2D eigenvalue weighted by Gasteiger charge is 2.24. The molecule has 2 heterocycles. The van der Waals surface area contributed by atoms with Gasteiger partial charge in [-0.3, -0.25) is 9.78 Å². The number of amides is 1. The van der Waals surface area contributed by atoms with Gasteiger partial charge < -0.3 is 14.9 Å². The van der Waals surface area contributed by atoms with Crippen molar-refractivity contribution in [1.82, 2.24) is 15.5 Å². The van der Waals surface area contributed by atoms with Gasteiger partial charge in [0.2, 0.25) is 0 Å². The molecule has 0 spiro atoms. The minimum absolute atomic E-state index is 0.213. The van der Waals surface area contributed by atoms with Crippen LogP contribution in [-0.2, 0) is 0 Å². The van der Waals surface area contributed by atoms with Gasteiger partial charge in [0.05, 0.1) is 6.10 Å². The van der Waals surface area contributed by atoms with E-state index in [4.69, 9.17) is 4.52 Å². The minimum atomic E-state index is -0.488. The van der Waals surface area contributed by atoms with Crippen molar-refractivity contribution in [3.05, 3.63) is 36.3 Å². The monoisotopic (exact) mass is 301 g/mol. The van der Waals surface area contributed by atoms with E-state index in [9.17, 15) is 9.90 Å². The molecule has 6 heteroatoms. The molecule has 1 amide bonds. The van der Waals surface area contributed by atoms with Gasteiger partial charge in [-0.05, 0) is 30.9 Å². The number of pyridine rings is 1. The Bertz CT molecular complexity index is 621. The predicted octanol–water partition coefficient (Wildman–Crippen LogP) is 2.02. The van der Waals surface area contributed by atoms with Crippen LogP contribution in [0.25, 0.3) is 11.3 Å². The smallest absolute Gasteiger partial charge is 0.273 e. The van der Waals surface area contributed by atoms with Crippen molar-refractivity contribution in [2.24, 2.45) is 5.92 Å².